The van der Waals surface area contributed by atoms with Crippen LogP contribution in [0.4, 0.5) is 0 Å². The lowest BCUT2D eigenvalue weighted by atomic mass is 10.2. The van der Waals surface area contributed by atoms with E-state index in [0.29, 0.717) is 6.42 Å². The fourth-order valence-electron chi connectivity index (χ4n) is 0.895. The van der Waals surface area contributed by atoms with Gasteiger partial charge >= 0.3 is 0 Å². The Balaban J connectivity index is 3.95. The molecule has 0 aromatic rings. The number of hydrogen-bond donors (Lipinski definition) is 0. The van der Waals surface area contributed by atoms with E-state index in [1.807, 2.05) is 13.8 Å². The summed E-state index contributed by atoms with van der Waals surface area (Å²) >= 11 is 0. The van der Waals surface area contributed by atoms with Gasteiger partial charge in [0.25, 0.3) is 0 Å². The van der Waals surface area contributed by atoms with Crippen LogP contribution in [0, 0.1) is 5.92 Å². The maximum Gasteiger partial charge on any atom is 0.225 e. The Kier molecular flexibility index (Phi) is 4.55. The van der Waals surface area contributed by atoms with Crippen LogP contribution in [-0.2, 0) is 9.59 Å². The van der Waals surface area contributed by atoms with Crippen molar-refractivity contribution in [2.75, 3.05) is 13.6 Å². The minimum atomic E-state index is -0.0281. The number of carbonyl (C=O) groups is 2. The molecule has 12 heavy (non-hydrogen) atoms. The zero-order chi connectivity index (χ0) is 9.72. The van der Waals surface area contributed by atoms with Gasteiger partial charge in [0, 0.05) is 19.4 Å². The van der Waals surface area contributed by atoms with Crippen molar-refractivity contribution in [3.8, 4) is 0 Å². The molecule has 0 fully saturated rings. The number of amides is 1. The fourth-order valence-corrected chi connectivity index (χ4v) is 0.895. The molecule has 0 spiro atoms. The predicted octanol–water partition coefficient (Wildman–Crippen LogP) is 1.08. The summed E-state index contributed by atoms with van der Waals surface area (Å²) in [7, 11) is 1.66. The van der Waals surface area contributed by atoms with Crippen molar-refractivity contribution in [2.45, 2.75) is 27.2 Å². The molecule has 1 amide bonds. The molecule has 3 nitrogen and oxygen atoms in total. The Morgan fingerprint density at radius 2 is 1.83 bits per heavy atom. The van der Waals surface area contributed by atoms with Gasteiger partial charge in [0.05, 0.1) is 6.54 Å². The van der Waals surface area contributed by atoms with E-state index in [0.717, 1.165) is 0 Å². The second-order valence-corrected chi connectivity index (χ2v) is 3.24. The molecule has 0 aliphatic heterocycles. The Morgan fingerprint density at radius 3 is 2.17 bits per heavy atom. The van der Waals surface area contributed by atoms with Crippen LogP contribution in [-0.4, -0.2) is 30.2 Å². The van der Waals surface area contributed by atoms with Crippen LogP contribution in [0.2, 0.25) is 0 Å². The highest BCUT2D eigenvalue weighted by molar-refractivity contribution is 5.86. The highest BCUT2D eigenvalue weighted by Gasteiger charge is 2.14. The predicted molar refractivity (Wildman–Crippen MR) is 47.8 cm³/mol. The summed E-state index contributed by atoms with van der Waals surface area (Å²) in [4.78, 5) is 23.7. The van der Waals surface area contributed by atoms with Gasteiger partial charge in [-0.05, 0) is 0 Å². The van der Waals surface area contributed by atoms with Crippen molar-refractivity contribution < 1.29 is 9.59 Å². The molecular weight excluding hydrogens is 154 g/mol. The van der Waals surface area contributed by atoms with E-state index in [4.69, 9.17) is 0 Å². The van der Waals surface area contributed by atoms with Crippen molar-refractivity contribution in [3.05, 3.63) is 0 Å². The lowest BCUT2D eigenvalue weighted by molar-refractivity contribution is -0.136. The van der Waals surface area contributed by atoms with Crippen LogP contribution in [0.3, 0.4) is 0 Å². The van der Waals surface area contributed by atoms with Crippen molar-refractivity contribution in [1.29, 1.82) is 0 Å². The fraction of sp³-hybridized carbons (Fsp3) is 0.778. The van der Waals surface area contributed by atoms with Crippen LogP contribution in [0.15, 0.2) is 0 Å². The lowest BCUT2D eigenvalue weighted by Crippen LogP contribution is -2.34. The largest absolute Gasteiger partial charge is 0.338 e. The Labute approximate surface area is 73.7 Å². The number of Topliss-reactive ketones (excluding diaryl/α,β-unsaturated/α-hetero) is 1. The molecular formula is C9H17NO2. The third-order valence-corrected chi connectivity index (χ3v) is 1.68. The Hall–Kier alpha value is -0.860. The van der Waals surface area contributed by atoms with E-state index in [-0.39, 0.29) is 24.2 Å². The topological polar surface area (TPSA) is 37.4 Å². The molecule has 3 heteroatoms. The van der Waals surface area contributed by atoms with Gasteiger partial charge in [-0.15, -0.1) is 0 Å². The van der Waals surface area contributed by atoms with Crippen LogP contribution < -0.4 is 0 Å². The quantitative estimate of drug-likeness (QED) is 0.634. The first-order valence-corrected chi connectivity index (χ1v) is 4.25. The second kappa shape index (κ2) is 4.91. The normalized spacial score (nSPS) is 10.1. The highest BCUT2D eigenvalue weighted by Crippen LogP contribution is 1.99. The molecule has 0 aromatic carbocycles. The molecule has 0 N–H and O–H groups in total. The Morgan fingerprint density at radius 1 is 1.33 bits per heavy atom. The van der Waals surface area contributed by atoms with Gasteiger partial charge in [-0.1, -0.05) is 20.8 Å². The van der Waals surface area contributed by atoms with Crippen LogP contribution >= 0.6 is 0 Å². The van der Waals surface area contributed by atoms with Crippen molar-refractivity contribution in [3.63, 3.8) is 0 Å². The van der Waals surface area contributed by atoms with E-state index in [1.165, 1.54) is 4.90 Å². The van der Waals surface area contributed by atoms with Crippen molar-refractivity contribution >= 4 is 11.7 Å². The summed E-state index contributed by atoms with van der Waals surface area (Å²) in [6.45, 7) is 5.70. The molecule has 0 aliphatic carbocycles. The average molecular weight is 171 g/mol. The standard InChI is InChI=1S/C9H17NO2/c1-5-8(11)6-10(4)9(12)7(2)3/h7H,5-6H2,1-4H3. The number of rotatable bonds is 4. The smallest absolute Gasteiger partial charge is 0.225 e. The lowest BCUT2D eigenvalue weighted by Gasteiger charge is -2.17. The third-order valence-electron chi connectivity index (χ3n) is 1.68. The highest BCUT2D eigenvalue weighted by atomic mass is 16.2. The maximum atomic E-state index is 11.3. The van der Waals surface area contributed by atoms with E-state index in [1.54, 1.807) is 14.0 Å². The van der Waals surface area contributed by atoms with Gasteiger partial charge in [0.15, 0.2) is 5.78 Å². The average Bonchev–Trinajstić information content (AvgIpc) is 2.02. The first-order chi connectivity index (χ1) is 5.49. The number of carbonyl (C=O) groups excluding carboxylic acids is 2. The summed E-state index contributed by atoms with van der Waals surface area (Å²) in [6.07, 6.45) is 0.496. The maximum absolute atomic E-state index is 11.3. The number of nitrogens with zero attached hydrogens (tertiary/aromatic N) is 1. The van der Waals surface area contributed by atoms with Gasteiger partial charge in [0.1, 0.15) is 0 Å². The van der Waals surface area contributed by atoms with Crippen molar-refractivity contribution in [1.82, 2.24) is 4.90 Å². The monoisotopic (exact) mass is 171 g/mol. The van der Waals surface area contributed by atoms with Crippen molar-refractivity contribution in [2.24, 2.45) is 5.92 Å². The molecule has 0 unspecified atom stereocenters. The van der Waals surface area contributed by atoms with Crippen LogP contribution in [0.25, 0.3) is 0 Å². The van der Waals surface area contributed by atoms with Gasteiger partial charge in [-0.25, -0.2) is 0 Å². The van der Waals surface area contributed by atoms with Gasteiger partial charge in [0.2, 0.25) is 5.91 Å². The Bertz CT molecular complexity index is 175. The molecule has 0 heterocycles. The molecule has 0 aromatic heterocycles. The summed E-state index contributed by atoms with van der Waals surface area (Å²) in [6, 6.07) is 0. The molecule has 0 aliphatic rings. The SMILES string of the molecule is CCC(=O)CN(C)C(=O)C(C)C. The summed E-state index contributed by atoms with van der Waals surface area (Å²) in [5, 5.41) is 0. The molecule has 0 radical (unpaired) electrons. The summed E-state index contributed by atoms with van der Waals surface area (Å²) in [5.41, 5.74) is 0. The van der Waals surface area contributed by atoms with E-state index in [9.17, 15) is 9.59 Å². The summed E-state index contributed by atoms with van der Waals surface area (Å²) < 4.78 is 0. The first-order valence-electron chi connectivity index (χ1n) is 4.25. The minimum absolute atomic E-state index is 0.0248. The number of ketones is 1. The van der Waals surface area contributed by atoms with Crippen LogP contribution in [0.5, 0.6) is 0 Å². The van der Waals surface area contributed by atoms with Gasteiger partial charge in [-0.3, -0.25) is 9.59 Å². The zero-order valence-corrected chi connectivity index (χ0v) is 8.26. The van der Waals surface area contributed by atoms with E-state index >= 15 is 0 Å². The first kappa shape index (κ1) is 11.1. The summed E-state index contributed by atoms with van der Waals surface area (Å²) in [5.74, 6) is 0.1000. The molecule has 0 rings (SSSR count). The number of hydrogen-bond acceptors (Lipinski definition) is 2. The minimum Gasteiger partial charge on any atom is -0.338 e. The van der Waals surface area contributed by atoms with Gasteiger partial charge in [-0.2, -0.15) is 0 Å². The third kappa shape index (κ3) is 3.51. The van der Waals surface area contributed by atoms with E-state index < -0.39 is 0 Å². The zero-order valence-electron chi connectivity index (χ0n) is 8.26. The van der Waals surface area contributed by atoms with Crippen LogP contribution in [0.1, 0.15) is 27.2 Å². The molecule has 70 valence electrons. The molecule has 0 saturated heterocycles. The molecule has 0 atom stereocenters. The number of likely N-dealkylation sites (N-methyl/N-ethyl adjacent to an activating group) is 1. The molecule has 0 bridgehead atoms. The molecule has 0 saturated carbocycles. The van der Waals surface area contributed by atoms with Gasteiger partial charge < -0.3 is 4.90 Å². The second-order valence-electron chi connectivity index (χ2n) is 3.24. The van der Waals surface area contributed by atoms with E-state index in [2.05, 4.69) is 0 Å².